The predicted octanol–water partition coefficient (Wildman–Crippen LogP) is 1.57. The molecule has 108 valence electrons. The normalized spacial score (nSPS) is 34.7. The molecule has 2 fully saturated rings. The summed E-state index contributed by atoms with van der Waals surface area (Å²) in [7, 11) is 0. The average molecular weight is 283 g/mol. The van der Waals surface area contributed by atoms with E-state index >= 15 is 0 Å². The number of nitrogens with zero attached hydrogens (tertiary/aromatic N) is 2. The summed E-state index contributed by atoms with van der Waals surface area (Å²) in [5.41, 5.74) is 0.347. The largest absolute Gasteiger partial charge is 0.373 e. The first kappa shape index (κ1) is 13.7. The number of fused-ring (bicyclic) bond motifs is 1. The van der Waals surface area contributed by atoms with Crippen LogP contribution < -0.4 is 5.32 Å². The summed E-state index contributed by atoms with van der Waals surface area (Å²) in [6.07, 6.45) is 2.98. The molecule has 2 saturated heterocycles. The molecule has 0 aromatic rings. The number of morpholine rings is 1. The number of aliphatic imine (C=N–C) groups is 1. The second-order valence-electron chi connectivity index (χ2n) is 6.70. The van der Waals surface area contributed by atoms with E-state index in [9.17, 15) is 0 Å². The lowest BCUT2D eigenvalue weighted by Crippen LogP contribution is -2.50. The van der Waals surface area contributed by atoms with E-state index in [1.54, 1.807) is 0 Å². The molecular formula is C14H25N3OS. The minimum absolute atomic E-state index is 0.326. The summed E-state index contributed by atoms with van der Waals surface area (Å²) < 4.78 is 5.96. The van der Waals surface area contributed by atoms with E-state index in [-0.39, 0.29) is 0 Å². The predicted molar refractivity (Wildman–Crippen MR) is 80.9 cm³/mol. The number of hydrogen-bond acceptors (Lipinski definition) is 5. The lowest BCUT2D eigenvalue weighted by atomic mass is 9.97. The first-order chi connectivity index (χ1) is 9.12. The molecule has 3 aliphatic heterocycles. The molecule has 3 aliphatic rings. The maximum Gasteiger partial charge on any atom is 0.156 e. The van der Waals surface area contributed by atoms with Crippen LogP contribution in [0.15, 0.2) is 4.99 Å². The summed E-state index contributed by atoms with van der Waals surface area (Å²) >= 11 is 1.85. The zero-order valence-corrected chi connectivity index (χ0v) is 12.8. The van der Waals surface area contributed by atoms with E-state index in [0.717, 1.165) is 37.2 Å². The van der Waals surface area contributed by atoms with Crippen molar-refractivity contribution in [1.29, 1.82) is 0 Å². The Labute approximate surface area is 120 Å². The number of ether oxygens (including phenoxy) is 1. The SMILES string of the molecule is CC1(C)CN=C(NCC2CN3CCCC3CO2)SC1. The molecule has 2 atom stereocenters. The first-order valence-electron chi connectivity index (χ1n) is 7.39. The molecule has 0 aromatic heterocycles. The van der Waals surface area contributed by atoms with Crippen LogP contribution in [0, 0.1) is 5.41 Å². The fourth-order valence-corrected chi connectivity index (χ4v) is 3.92. The minimum Gasteiger partial charge on any atom is -0.373 e. The fraction of sp³-hybridized carbons (Fsp3) is 0.929. The molecule has 0 aromatic carbocycles. The zero-order chi connectivity index (χ0) is 13.3. The molecule has 0 aliphatic carbocycles. The van der Waals surface area contributed by atoms with E-state index in [0.29, 0.717) is 17.6 Å². The van der Waals surface area contributed by atoms with Crippen molar-refractivity contribution in [3.8, 4) is 0 Å². The van der Waals surface area contributed by atoms with Gasteiger partial charge in [-0.2, -0.15) is 0 Å². The van der Waals surface area contributed by atoms with Crippen molar-refractivity contribution < 1.29 is 4.74 Å². The third-order valence-corrected chi connectivity index (χ3v) is 5.67. The van der Waals surface area contributed by atoms with Crippen molar-refractivity contribution >= 4 is 16.9 Å². The van der Waals surface area contributed by atoms with Gasteiger partial charge in [-0.05, 0) is 24.8 Å². The monoisotopic (exact) mass is 283 g/mol. The highest BCUT2D eigenvalue weighted by Crippen LogP contribution is 2.27. The van der Waals surface area contributed by atoms with Crippen LogP contribution >= 0.6 is 11.8 Å². The summed E-state index contributed by atoms with van der Waals surface area (Å²) in [6.45, 7) is 9.64. The second-order valence-corrected chi connectivity index (χ2v) is 7.67. The Morgan fingerprint density at radius 3 is 3.21 bits per heavy atom. The van der Waals surface area contributed by atoms with Crippen LogP contribution in [0.2, 0.25) is 0 Å². The van der Waals surface area contributed by atoms with Crippen LogP contribution in [0.25, 0.3) is 0 Å². The van der Waals surface area contributed by atoms with E-state index < -0.39 is 0 Å². The topological polar surface area (TPSA) is 36.9 Å². The Morgan fingerprint density at radius 1 is 1.53 bits per heavy atom. The third kappa shape index (κ3) is 3.44. The molecule has 1 N–H and O–H groups in total. The van der Waals surface area contributed by atoms with Crippen molar-refractivity contribution in [2.45, 2.75) is 38.8 Å². The van der Waals surface area contributed by atoms with Gasteiger partial charge in [0.25, 0.3) is 0 Å². The van der Waals surface area contributed by atoms with Crippen LogP contribution in [0.5, 0.6) is 0 Å². The Morgan fingerprint density at radius 2 is 2.42 bits per heavy atom. The molecule has 2 unspecified atom stereocenters. The molecule has 0 bridgehead atoms. The van der Waals surface area contributed by atoms with Crippen LogP contribution in [0.3, 0.4) is 0 Å². The second kappa shape index (κ2) is 5.62. The van der Waals surface area contributed by atoms with E-state index in [2.05, 4.69) is 29.1 Å². The van der Waals surface area contributed by atoms with E-state index in [1.165, 1.54) is 19.4 Å². The Hall–Kier alpha value is -0.260. The number of thioether (sulfide) groups is 1. The van der Waals surface area contributed by atoms with Crippen LogP contribution in [0.4, 0.5) is 0 Å². The van der Waals surface area contributed by atoms with Gasteiger partial charge in [0.2, 0.25) is 0 Å². The summed E-state index contributed by atoms with van der Waals surface area (Å²) in [5, 5.41) is 4.57. The van der Waals surface area contributed by atoms with Crippen LogP contribution in [-0.4, -0.2) is 60.8 Å². The molecular weight excluding hydrogens is 258 g/mol. The van der Waals surface area contributed by atoms with Gasteiger partial charge in [0.15, 0.2) is 5.17 Å². The van der Waals surface area contributed by atoms with Gasteiger partial charge < -0.3 is 10.1 Å². The summed E-state index contributed by atoms with van der Waals surface area (Å²) in [5.74, 6) is 1.15. The molecule has 0 saturated carbocycles. The van der Waals surface area contributed by atoms with Crippen molar-refractivity contribution in [2.24, 2.45) is 10.4 Å². The highest BCUT2D eigenvalue weighted by molar-refractivity contribution is 8.13. The lowest BCUT2D eigenvalue weighted by molar-refractivity contribution is -0.0451. The lowest BCUT2D eigenvalue weighted by Gasteiger charge is -2.35. The number of nitrogens with one attached hydrogen (secondary N) is 1. The molecule has 4 nitrogen and oxygen atoms in total. The summed E-state index contributed by atoms with van der Waals surface area (Å²) in [6, 6.07) is 0.693. The van der Waals surface area contributed by atoms with Crippen molar-refractivity contribution in [2.75, 3.05) is 38.5 Å². The standard InChI is InChI=1S/C14H25N3OS/c1-14(2)9-16-13(19-10-14)15-6-12-7-17-5-3-4-11(17)8-18-12/h11-12H,3-10H2,1-2H3,(H,15,16). The zero-order valence-electron chi connectivity index (χ0n) is 12.0. The van der Waals surface area contributed by atoms with Crippen molar-refractivity contribution in [1.82, 2.24) is 10.2 Å². The molecule has 19 heavy (non-hydrogen) atoms. The smallest absolute Gasteiger partial charge is 0.156 e. The molecule has 0 amide bonds. The van der Waals surface area contributed by atoms with Gasteiger partial charge >= 0.3 is 0 Å². The Kier molecular flexibility index (Phi) is 4.06. The number of rotatable bonds is 2. The van der Waals surface area contributed by atoms with Crippen molar-refractivity contribution in [3.05, 3.63) is 0 Å². The van der Waals surface area contributed by atoms with E-state index in [1.807, 2.05) is 11.8 Å². The van der Waals surface area contributed by atoms with Crippen molar-refractivity contribution in [3.63, 3.8) is 0 Å². The van der Waals surface area contributed by atoms with Crippen LogP contribution in [0.1, 0.15) is 26.7 Å². The molecule has 0 spiro atoms. The van der Waals surface area contributed by atoms with Gasteiger partial charge in [0.1, 0.15) is 0 Å². The summed E-state index contributed by atoms with van der Waals surface area (Å²) in [4.78, 5) is 7.22. The van der Waals surface area contributed by atoms with E-state index in [4.69, 9.17) is 4.74 Å². The molecule has 3 rings (SSSR count). The van der Waals surface area contributed by atoms with Gasteiger partial charge in [0.05, 0.1) is 12.7 Å². The van der Waals surface area contributed by atoms with Gasteiger partial charge in [-0.25, -0.2) is 0 Å². The highest BCUT2D eigenvalue weighted by atomic mass is 32.2. The Bertz CT molecular complexity index is 359. The van der Waals surface area contributed by atoms with Gasteiger partial charge in [-0.15, -0.1) is 0 Å². The van der Waals surface area contributed by atoms with Gasteiger partial charge in [0, 0.05) is 31.4 Å². The maximum absolute atomic E-state index is 5.96. The fourth-order valence-electron chi connectivity index (χ4n) is 2.96. The Balaban J connectivity index is 1.44. The van der Waals surface area contributed by atoms with Gasteiger partial charge in [-0.1, -0.05) is 25.6 Å². The quantitative estimate of drug-likeness (QED) is 0.834. The molecule has 3 heterocycles. The number of hydrogen-bond donors (Lipinski definition) is 1. The first-order valence-corrected chi connectivity index (χ1v) is 8.38. The van der Waals surface area contributed by atoms with Gasteiger partial charge in [-0.3, -0.25) is 9.89 Å². The molecule has 0 radical (unpaired) electrons. The van der Waals surface area contributed by atoms with Crippen LogP contribution in [-0.2, 0) is 4.74 Å². The molecule has 5 heteroatoms. The average Bonchev–Trinajstić information content (AvgIpc) is 2.85. The highest BCUT2D eigenvalue weighted by Gasteiger charge is 2.32. The third-order valence-electron chi connectivity index (χ3n) is 4.19. The number of amidine groups is 1. The minimum atomic E-state index is 0.326. The maximum atomic E-state index is 5.96.